The maximum atomic E-state index is 5.71. The summed E-state index contributed by atoms with van der Waals surface area (Å²) < 4.78 is 8.58. The van der Waals surface area contributed by atoms with Gasteiger partial charge >= 0.3 is 0 Å². The van der Waals surface area contributed by atoms with Gasteiger partial charge in [-0.3, -0.25) is 0 Å². The SMILES string of the molecule is Brc1cnc2c(cnn2[C@H]2CCCCO2)c1. The van der Waals surface area contributed by atoms with Crippen molar-refractivity contribution in [3.8, 4) is 0 Å². The van der Waals surface area contributed by atoms with Gasteiger partial charge in [0.15, 0.2) is 11.9 Å². The van der Waals surface area contributed by atoms with E-state index in [2.05, 4.69) is 26.0 Å². The van der Waals surface area contributed by atoms with E-state index in [0.717, 1.165) is 35.0 Å². The van der Waals surface area contributed by atoms with E-state index in [9.17, 15) is 0 Å². The molecule has 3 heterocycles. The normalized spacial score (nSPS) is 21.4. The minimum absolute atomic E-state index is 0.0555. The van der Waals surface area contributed by atoms with Crippen molar-refractivity contribution in [1.29, 1.82) is 0 Å². The van der Waals surface area contributed by atoms with Crippen LogP contribution in [-0.4, -0.2) is 21.4 Å². The highest BCUT2D eigenvalue weighted by molar-refractivity contribution is 9.10. The van der Waals surface area contributed by atoms with Crippen LogP contribution < -0.4 is 0 Å². The molecule has 0 radical (unpaired) electrons. The molecule has 0 N–H and O–H groups in total. The van der Waals surface area contributed by atoms with E-state index >= 15 is 0 Å². The van der Waals surface area contributed by atoms with Gasteiger partial charge in [-0.05, 0) is 41.3 Å². The van der Waals surface area contributed by atoms with Gasteiger partial charge in [0.05, 0.1) is 6.20 Å². The van der Waals surface area contributed by atoms with Crippen molar-refractivity contribution in [2.45, 2.75) is 25.5 Å². The number of hydrogen-bond acceptors (Lipinski definition) is 3. The minimum Gasteiger partial charge on any atom is -0.356 e. The lowest BCUT2D eigenvalue weighted by atomic mass is 10.2. The zero-order valence-electron chi connectivity index (χ0n) is 8.77. The Morgan fingerprint density at radius 3 is 3.12 bits per heavy atom. The number of hydrogen-bond donors (Lipinski definition) is 0. The fraction of sp³-hybridized carbons (Fsp3) is 0.455. The number of aromatic nitrogens is 3. The molecule has 2 aromatic rings. The van der Waals surface area contributed by atoms with Gasteiger partial charge in [0.25, 0.3) is 0 Å². The van der Waals surface area contributed by atoms with Crippen LogP contribution >= 0.6 is 15.9 Å². The van der Waals surface area contributed by atoms with Gasteiger partial charge in [0, 0.05) is 22.7 Å². The minimum atomic E-state index is 0.0555. The molecule has 2 aromatic heterocycles. The zero-order chi connectivity index (χ0) is 11.0. The summed E-state index contributed by atoms with van der Waals surface area (Å²) in [5.41, 5.74) is 0.898. The van der Waals surface area contributed by atoms with Crippen LogP contribution in [0.4, 0.5) is 0 Å². The van der Waals surface area contributed by atoms with Gasteiger partial charge in [-0.15, -0.1) is 0 Å². The molecule has 0 spiro atoms. The third-order valence-corrected chi connectivity index (χ3v) is 3.26. The Morgan fingerprint density at radius 2 is 2.31 bits per heavy atom. The first-order chi connectivity index (χ1) is 7.84. The molecule has 0 amide bonds. The number of halogens is 1. The molecule has 1 fully saturated rings. The van der Waals surface area contributed by atoms with E-state index in [4.69, 9.17) is 4.74 Å². The molecule has 1 aliphatic rings. The molecular weight excluding hydrogens is 270 g/mol. The van der Waals surface area contributed by atoms with Crippen molar-refractivity contribution in [2.24, 2.45) is 0 Å². The number of rotatable bonds is 1. The number of pyridine rings is 1. The molecule has 4 nitrogen and oxygen atoms in total. The van der Waals surface area contributed by atoms with Crippen molar-refractivity contribution in [3.05, 3.63) is 22.9 Å². The number of nitrogens with zero attached hydrogens (tertiary/aromatic N) is 3. The molecule has 0 aromatic carbocycles. The van der Waals surface area contributed by atoms with E-state index < -0.39 is 0 Å². The lowest BCUT2D eigenvalue weighted by Crippen LogP contribution is -2.19. The molecular formula is C11H12BrN3O. The molecule has 0 bridgehead atoms. The van der Waals surface area contributed by atoms with Crippen LogP contribution in [0.3, 0.4) is 0 Å². The van der Waals surface area contributed by atoms with Gasteiger partial charge in [-0.1, -0.05) is 0 Å². The highest BCUT2D eigenvalue weighted by Crippen LogP contribution is 2.26. The van der Waals surface area contributed by atoms with Crippen LogP contribution in [0.1, 0.15) is 25.5 Å². The van der Waals surface area contributed by atoms with E-state index in [0.29, 0.717) is 0 Å². The molecule has 0 aliphatic carbocycles. The van der Waals surface area contributed by atoms with Crippen LogP contribution in [0.2, 0.25) is 0 Å². The Labute approximate surface area is 102 Å². The fourth-order valence-electron chi connectivity index (χ4n) is 2.04. The molecule has 3 rings (SSSR count). The van der Waals surface area contributed by atoms with Gasteiger partial charge in [0.1, 0.15) is 0 Å². The smallest absolute Gasteiger partial charge is 0.160 e. The predicted octanol–water partition coefficient (Wildman–Crippen LogP) is 2.89. The topological polar surface area (TPSA) is 39.9 Å². The van der Waals surface area contributed by atoms with Crippen molar-refractivity contribution < 1.29 is 4.74 Å². The van der Waals surface area contributed by atoms with Gasteiger partial charge in [-0.2, -0.15) is 5.10 Å². The largest absolute Gasteiger partial charge is 0.356 e. The molecule has 16 heavy (non-hydrogen) atoms. The lowest BCUT2D eigenvalue weighted by Gasteiger charge is -2.22. The summed E-state index contributed by atoms with van der Waals surface area (Å²) in [5.74, 6) is 0. The summed E-state index contributed by atoms with van der Waals surface area (Å²) in [4.78, 5) is 4.39. The summed E-state index contributed by atoms with van der Waals surface area (Å²) in [6.45, 7) is 0.822. The van der Waals surface area contributed by atoms with Crippen molar-refractivity contribution in [3.63, 3.8) is 0 Å². The van der Waals surface area contributed by atoms with Crippen LogP contribution in [0, 0.1) is 0 Å². The van der Waals surface area contributed by atoms with E-state index in [1.807, 2.05) is 16.9 Å². The molecule has 1 aliphatic heterocycles. The number of fused-ring (bicyclic) bond motifs is 1. The summed E-state index contributed by atoms with van der Waals surface area (Å²) in [5, 5.41) is 5.41. The summed E-state index contributed by atoms with van der Waals surface area (Å²) in [6.07, 6.45) is 7.06. The monoisotopic (exact) mass is 281 g/mol. The van der Waals surface area contributed by atoms with Crippen molar-refractivity contribution in [2.75, 3.05) is 6.61 Å². The van der Waals surface area contributed by atoms with Crippen LogP contribution in [0.15, 0.2) is 22.9 Å². The lowest BCUT2D eigenvalue weighted by molar-refractivity contribution is -0.0370. The second kappa shape index (κ2) is 4.14. The standard InChI is InChI=1S/C11H12BrN3O/c12-9-5-8-6-14-15(11(8)13-7-9)10-3-1-2-4-16-10/h5-7,10H,1-4H2/t10-/m1/s1. The molecule has 0 saturated carbocycles. The van der Waals surface area contributed by atoms with E-state index in [-0.39, 0.29) is 6.23 Å². The highest BCUT2D eigenvalue weighted by Gasteiger charge is 2.18. The van der Waals surface area contributed by atoms with Crippen molar-refractivity contribution >= 4 is 27.0 Å². The van der Waals surface area contributed by atoms with Crippen molar-refractivity contribution in [1.82, 2.24) is 14.8 Å². The summed E-state index contributed by atoms with van der Waals surface area (Å²) in [7, 11) is 0. The zero-order valence-corrected chi connectivity index (χ0v) is 10.4. The maximum Gasteiger partial charge on any atom is 0.160 e. The molecule has 1 atom stereocenters. The summed E-state index contributed by atoms with van der Waals surface area (Å²) >= 11 is 3.41. The molecule has 84 valence electrons. The second-order valence-electron chi connectivity index (χ2n) is 3.98. The number of ether oxygens (including phenoxy) is 1. The van der Waals surface area contributed by atoms with E-state index in [1.165, 1.54) is 6.42 Å². The second-order valence-corrected chi connectivity index (χ2v) is 4.89. The average molecular weight is 282 g/mol. The van der Waals surface area contributed by atoms with Gasteiger partial charge < -0.3 is 4.74 Å². The van der Waals surface area contributed by atoms with Gasteiger partial charge in [-0.25, -0.2) is 9.67 Å². The molecule has 5 heteroatoms. The van der Waals surface area contributed by atoms with Crippen LogP contribution in [0.25, 0.3) is 11.0 Å². The van der Waals surface area contributed by atoms with E-state index in [1.54, 1.807) is 6.20 Å². The first kappa shape index (κ1) is 10.2. The van der Waals surface area contributed by atoms with Crippen LogP contribution in [-0.2, 0) is 4.74 Å². The molecule has 1 saturated heterocycles. The average Bonchev–Trinajstić information content (AvgIpc) is 2.73. The Hall–Kier alpha value is -0.940. The third kappa shape index (κ3) is 1.74. The predicted molar refractivity (Wildman–Crippen MR) is 64.1 cm³/mol. The highest BCUT2D eigenvalue weighted by atomic mass is 79.9. The fourth-order valence-corrected chi connectivity index (χ4v) is 2.39. The first-order valence-electron chi connectivity index (χ1n) is 5.45. The Bertz CT molecular complexity index is 505. The maximum absolute atomic E-state index is 5.71. The first-order valence-corrected chi connectivity index (χ1v) is 6.24. The Kier molecular flexibility index (Phi) is 2.65. The third-order valence-electron chi connectivity index (χ3n) is 2.83. The quantitative estimate of drug-likeness (QED) is 0.807. The summed E-state index contributed by atoms with van der Waals surface area (Å²) in [6, 6.07) is 2.02. The van der Waals surface area contributed by atoms with Gasteiger partial charge in [0.2, 0.25) is 0 Å². The van der Waals surface area contributed by atoms with Crippen LogP contribution in [0.5, 0.6) is 0 Å². The Morgan fingerprint density at radius 1 is 1.38 bits per heavy atom. The Balaban J connectivity index is 2.03. The molecule has 0 unspecified atom stereocenters.